The number of rotatable bonds is 10. The first-order valence-electron chi connectivity index (χ1n) is 10.7. The van der Waals surface area contributed by atoms with Gasteiger partial charge in [-0.1, -0.05) is 33.1 Å². The Morgan fingerprint density at radius 1 is 0.731 bits per heavy atom. The van der Waals surface area contributed by atoms with Crippen molar-refractivity contribution in [2.75, 3.05) is 13.2 Å². The summed E-state index contributed by atoms with van der Waals surface area (Å²) in [5.74, 6) is -0.901. The zero-order valence-corrected chi connectivity index (χ0v) is 16.5. The molecule has 0 bridgehead atoms. The van der Waals surface area contributed by atoms with Crippen molar-refractivity contribution in [3.63, 3.8) is 0 Å². The topological polar surface area (TPSA) is 18.5 Å². The molecule has 7 atom stereocenters. The van der Waals surface area contributed by atoms with E-state index in [1.807, 2.05) is 6.92 Å². The van der Waals surface area contributed by atoms with E-state index in [1.54, 1.807) is 0 Å². The Balaban J connectivity index is 1.78. The summed E-state index contributed by atoms with van der Waals surface area (Å²) < 4.78 is 55.2. The van der Waals surface area contributed by atoms with Gasteiger partial charge in [-0.05, 0) is 50.4 Å². The van der Waals surface area contributed by atoms with Crippen molar-refractivity contribution in [1.82, 2.24) is 0 Å². The lowest BCUT2D eigenvalue weighted by atomic mass is 9.70. The molecule has 2 aliphatic rings. The van der Waals surface area contributed by atoms with Crippen LogP contribution in [0.1, 0.15) is 78.1 Å². The van der Waals surface area contributed by atoms with Crippen LogP contribution in [0.4, 0.5) is 13.2 Å². The molecule has 26 heavy (non-hydrogen) atoms. The lowest BCUT2D eigenvalue weighted by molar-refractivity contribution is -0.102. The van der Waals surface area contributed by atoms with Crippen LogP contribution in [-0.4, -0.2) is 43.9 Å². The van der Waals surface area contributed by atoms with Gasteiger partial charge in [-0.15, -0.1) is 0 Å². The molecule has 2 nitrogen and oxygen atoms in total. The van der Waals surface area contributed by atoms with E-state index in [1.165, 1.54) is 0 Å². The number of alkyl halides is 3. The largest absolute Gasteiger partial charge is 0.378 e. The highest BCUT2D eigenvalue weighted by molar-refractivity contribution is 4.95. The van der Waals surface area contributed by atoms with Gasteiger partial charge >= 0.3 is 0 Å². The van der Waals surface area contributed by atoms with Crippen LogP contribution in [-0.2, 0) is 9.47 Å². The molecule has 0 aromatic rings. The van der Waals surface area contributed by atoms with Crippen molar-refractivity contribution in [1.29, 1.82) is 0 Å². The van der Waals surface area contributed by atoms with E-state index >= 15 is 0 Å². The van der Waals surface area contributed by atoms with Gasteiger partial charge in [0.05, 0.1) is 12.2 Å². The Labute approximate surface area is 157 Å². The van der Waals surface area contributed by atoms with Gasteiger partial charge in [0.15, 0.2) is 6.17 Å². The van der Waals surface area contributed by atoms with E-state index in [9.17, 15) is 13.2 Å². The highest BCUT2D eigenvalue weighted by atomic mass is 19.2. The fourth-order valence-electron chi connectivity index (χ4n) is 4.46. The minimum atomic E-state index is -1.62. The third kappa shape index (κ3) is 6.12. The van der Waals surface area contributed by atoms with Crippen LogP contribution in [0.3, 0.4) is 0 Å². The van der Waals surface area contributed by atoms with Crippen LogP contribution >= 0.6 is 0 Å². The molecule has 0 amide bonds. The fourth-order valence-corrected chi connectivity index (χ4v) is 4.46. The minimum Gasteiger partial charge on any atom is -0.378 e. The molecule has 0 heterocycles. The molecular weight excluding hydrogens is 341 g/mol. The normalized spacial score (nSPS) is 38.4. The quantitative estimate of drug-likeness (QED) is 0.436. The summed E-state index contributed by atoms with van der Waals surface area (Å²) in [7, 11) is 0. The summed E-state index contributed by atoms with van der Waals surface area (Å²) in [6, 6.07) is 0. The molecule has 5 heteroatoms. The van der Waals surface area contributed by atoms with E-state index in [-0.39, 0.29) is 12.0 Å². The van der Waals surface area contributed by atoms with Gasteiger partial charge in [0.1, 0.15) is 12.3 Å². The summed E-state index contributed by atoms with van der Waals surface area (Å²) in [6.07, 6.45) is 2.74. The first-order chi connectivity index (χ1) is 12.6. The van der Waals surface area contributed by atoms with Crippen LogP contribution in [0.15, 0.2) is 0 Å². The minimum absolute atomic E-state index is 0.0638. The van der Waals surface area contributed by atoms with Crippen molar-refractivity contribution in [2.45, 2.75) is 109 Å². The smallest absolute Gasteiger partial charge is 0.157 e. The van der Waals surface area contributed by atoms with Crippen molar-refractivity contribution in [3.8, 4) is 0 Å². The number of ether oxygens (including phenoxy) is 2. The van der Waals surface area contributed by atoms with Crippen LogP contribution in [0.2, 0.25) is 0 Å². The van der Waals surface area contributed by atoms with E-state index in [0.29, 0.717) is 38.9 Å². The second-order valence-electron chi connectivity index (χ2n) is 8.09. The molecule has 0 radical (unpaired) electrons. The molecule has 2 aliphatic carbocycles. The Morgan fingerprint density at radius 2 is 1.42 bits per heavy atom. The Hall–Kier alpha value is -0.290. The Bertz CT molecular complexity index is 382. The van der Waals surface area contributed by atoms with Gasteiger partial charge < -0.3 is 9.47 Å². The lowest BCUT2D eigenvalue weighted by Gasteiger charge is -2.42. The van der Waals surface area contributed by atoms with E-state index < -0.39 is 30.5 Å². The highest BCUT2D eigenvalue weighted by Gasteiger charge is 2.47. The molecule has 2 fully saturated rings. The van der Waals surface area contributed by atoms with Gasteiger partial charge in [-0.2, -0.15) is 0 Å². The number of hydrogen-bond donors (Lipinski definition) is 0. The molecule has 2 rings (SSSR count). The van der Waals surface area contributed by atoms with E-state index in [2.05, 4.69) is 6.92 Å². The molecule has 0 aliphatic heterocycles. The Kier molecular flexibility index (Phi) is 9.76. The Morgan fingerprint density at radius 3 is 2.12 bits per heavy atom. The zero-order chi connectivity index (χ0) is 18.9. The fraction of sp³-hybridized carbons (Fsp3) is 1.00. The number of hydrogen-bond acceptors (Lipinski definition) is 2. The standard InChI is InChI=1S/C21H37F3O2/c1-3-5-7-13-25-15-8-9-16(18(22)14-15)17-10-11-19(21(24)20(17)23)26-12-6-4-2/h15-21H,3-14H2,1-2H3. The van der Waals surface area contributed by atoms with Gasteiger partial charge in [0.25, 0.3) is 0 Å². The van der Waals surface area contributed by atoms with Gasteiger partial charge in [-0.25, -0.2) is 13.2 Å². The second-order valence-corrected chi connectivity index (χ2v) is 8.09. The summed E-state index contributed by atoms with van der Waals surface area (Å²) in [4.78, 5) is 0. The number of halogens is 3. The second kappa shape index (κ2) is 11.5. The maximum atomic E-state index is 14.7. The SMILES string of the molecule is CCCCCOC1CCC(C2CCC(OCCCC)C(F)C2F)C(F)C1. The predicted molar refractivity (Wildman–Crippen MR) is 98.7 cm³/mol. The maximum Gasteiger partial charge on any atom is 0.157 e. The lowest BCUT2D eigenvalue weighted by Crippen LogP contribution is -2.48. The summed E-state index contributed by atoms with van der Waals surface area (Å²) in [5.41, 5.74) is 0. The molecule has 0 aromatic carbocycles. The van der Waals surface area contributed by atoms with Crippen LogP contribution in [0.25, 0.3) is 0 Å². The first-order valence-corrected chi connectivity index (χ1v) is 10.7. The summed E-state index contributed by atoms with van der Waals surface area (Å²) in [6.45, 7) is 5.33. The van der Waals surface area contributed by atoms with Gasteiger partial charge in [-0.3, -0.25) is 0 Å². The van der Waals surface area contributed by atoms with Crippen LogP contribution in [0.5, 0.6) is 0 Å². The monoisotopic (exact) mass is 378 g/mol. The van der Waals surface area contributed by atoms with Crippen LogP contribution < -0.4 is 0 Å². The summed E-state index contributed by atoms with van der Waals surface area (Å²) >= 11 is 0. The average Bonchev–Trinajstić information content (AvgIpc) is 2.63. The van der Waals surface area contributed by atoms with Gasteiger partial charge in [0.2, 0.25) is 0 Å². The molecule has 0 N–H and O–H groups in total. The third-order valence-electron chi connectivity index (χ3n) is 6.11. The van der Waals surface area contributed by atoms with E-state index in [4.69, 9.17) is 9.47 Å². The average molecular weight is 379 g/mol. The van der Waals surface area contributed by atoms with Crippen molar-refractivity contribution >= 4 is 0 Å². The maximum absolute atomic E-state index is 14.7. The number of unbranched alkanes of at least 4 members (excludes halogenated alkanes) is 3. The van der Waals surface area contributed by atoms with Crippen molar-refractivity contribution in [3.05, 3.63) is 0 Å². The first kappa shape index (κ1) is 22.0. The predicted octanol–water partition coefficient (Wildman–Crippen LogP) is 5.97. The molecule has 154 valence electrons. The third-order valence-corrected chi connectivity index (χ3v) is 6.11. The van der Waals surface area contributed by atoms with Crippen molar-refractivity contribution < 1.29 is 22.6 Å². The highest BCUT2D eigenvalue weighted by Crippen LogP contribution is 2.43. The molecule has 2 saturated carbocycles. The molecule has 0 aromatic heterocycles. The zero-order valence-electron chi connectivity index (χ0n) is 16.5. The van der Waals surface area contributed by atoms with E-state index in [0.717, 1.165) is 38.5 Å². The van der Waals surface area contributed by atoms with Gasteiger partial charge in [0, 0.05) is 19.6 Å². The molecular formula is C21H37F3O2. The van der Waals surface area contributed by atoms with Crippen LogP contribution in [0, 0.1) is 11.8 Å². The molecule has 0 saturated heterocycles. The summed E-state index contributed by atoms with van der Waals surface area (Å²) in [5, 5.41) is 0. The molecule has 0 spiro atoms. The van der Waals surface area contributed by atoms with Crippen molar-refractivity contribution in [2.24, 2.45) is 11.8 Å². The molecule has 7 unspecified atom stereocenters.